The standard InChI is InChI=1S/C14H12Cl2N6/c15-10-7-11(16)13(20-9-10)21-3-5-22(6-4-21)14-12(8-17)18-1-2-19-14/h1-2,7,9H,3-6H2. The minimum Gasteiger partial charge on any atom is -0.352 e. The zero-order chi connectivity index (χ0) is 15.5. The number of halogens is 2. The number of rotatable bonds is 2. The number of nitrogens with zero attached hydrogens (tertiary/aromatic N) is 6. The van der Waals surface area contributed by atoms with E-state index in [-0.39, 0.29) is 0 Å². The third-order valence-electron chi connectivity index (χ3n) is 3.45. The lowest BCUT2D eigenvalue weighted by atomic mass is 10.3. The highest BCUT2D eigenvalue weighted by Crippen LogP contribution is 2.27. The Hall–Kier alpha value is -2.10. The second-order valence-electron chi connectivity index (χ2n) is 4.77. The van der Waals surface area contributed by atoms with E-state index >= 15 is 0 Å². The average molecular weight is 335 g/mol. The van der Waals surface area contributed by atoms with Crippen LogP contribution < -0.4 is 9.80 Å². The van der Waals surface area contributed by atoms with Crippen LogP contribution in [0.2, 0.25) is 10.0 Å². The third kappa shape index (κ3) is 2.91. The quantitative estimate of drug-likeness (QED) is 0.839. The molecule has 8 heteroatoms. The lowest BCUT2D eigenvalue weighted by Crippen LogP contribution is -2.47. The van der Waals surface area contributed by atoms with Crippen molar-refractivity contribution in [3.05, 3.63) is 40.4 Å². The molecule has 1 fully saturated rings. The fraction of sp³-hybridized carbons (Fsp3) is 0.286. The first-order valence-electron chi connectivity index (χ1n) is 6.71. The van der Waals surface area contributed by atoms with Gasteiger partial charge in [0.05, 0.1) is 10.0 Å². The van der Waals surface area contributed by atoms with Crippen molar-refractivity contribution in [2.75, 3.05) is 36.0 Å². The first-order valence-corrected chi connectivity index (χ1v) is 7.46. The van der Waals surface area contributed by atoms with E-state index in [4.69, 9.17) is 28.5 Å². The zero-order valence-electron chi connectivity index (χ0n) is 11.6. The molecule has 6 nitrogen and oxygen atoms in total. The zero-order valence-corrected chi connectivity index (χ0v) is 13.1. The van der Waals surface area contributed by atoms with Crippen LogP contribution in [0, 0.1) is 11.3 Å². The molecule has 0 saturated carbocycles. The van der Waals surface area contributed by atoms with Crippen LogP contribution in [0.1, 0.15) is 5.69 Å². The molecule has 0 aromatic carbocycles. The van der Waals surface area contributed by atoms with Gasteiger partial charge in [0.2, 0.25) is 0 Å². The van der Waals surface area contributed by atoms with Crippen molar-refractivity contribution in [3.8, 4) is 6.07 Å². The highest BCUT2D eigenvalue weighted by molar-refractivity contribution is 6.36. The van der Waals surface area contributed by atoms with Gasteiger partial charge in [-0.05, 0) is 6.07 Å². The van der Waals surface area contributed by atoms with Crippen molar-refractivity contribution in [3.63, 3.8) is 0 Å². The first kappa shape index (κ1) is 14.8. The second-order valence-corrected chi connectivity index (χ2v) is 5.62. The Morgan fingerprint density at radius 3 is 2.23 bits per heavy atom. The summed E-state index contributed by atoms with van der Waals surface area (Å²) in [6, 6.07) is 3.76. The molecule has 0 atom stereocenters. The van der Waals surface area contributed by atoms with Crippen molar-refractivity contribution in [1.82, 2.24) is 15.0 Å². The summed E-state index contributed by atoms with van der Waals surface area (Å²) in [7, 11) is 0. The van der Waals surface area contributed by atoms with E-state index in [1.54, 1.807) is 18.5 Å². The lowest BCUT2D eigenvalue weighted by molar-refractivity contribution is 0.640. The predicted octanol–water partition coefficient (Wildman–Crippen LogP) is 2.38. The Bertz CT molecular complexity index is 722. The van der Waals surface area contributed by atoms with E-state index in [9.17, 15) is 0 Å². The van der Waals surface area contributed by atoms with Gasteiger partial charge in [0.25, 0.3) is 0 Å². The molecular formula is C14H12Cl2N6. The molecule has 2 aromatic heterocycles. The molecule has 22 heavy (non-hydrogen) atoms. The van der Waals surface area contributed by atoms with Gasteiger partial charge in [0.1, 0.15) is 11.9 Å². The van der Waals surface area contributed by atoms with Crippen LogP contribution in [-0.2, 0) is 0 Å². The van der Waals surface area contributed by atoms with Crippen molar-refractivity contribution < 1.29 is 0 Å². The van der Waals surface area contributed by atoms with Gasteiger partial charge in [0, 0.05) is 44.8 Å². The highest BCUT2D eigenvalue weighted by atomic mass is 35.5. The monoisotopic (exact) mass is 334 g/mol. The summed E-state index contributed by atoms with van der Waals surface area (Å²) in [4.78, 5) is 16.7. The summed E-state index contributed by atoms with van der Waals surface area (Å²) >= 11 is 12.1. The molecule has 2 aromatic rings. The van der Waals surface area contributed by atoms with E-state index in [1.165, 1.54) is 6.20 Å². The van der Waals surface area contributed by atoms with Gasteiger partial charge in [-0.2, -0.15) is 5.26 Å². The first-order chi connectivity index (χ1) is 10.7. The molecule has 1 aliphatic heterocycles. The van der Waals surface area contributed by atoms with Crippen LogP contribution in [0.5, 0.6) is 0 Å². The van der Waals surface area contributed by atoms with Crippen molar-refractivity contribution >= 4 is 34.8 Å². The topological polar surface area (TPSA) is 68.9 Å². The summed E-state index contributed by atoms with van der Waals surface area (Å²) in [5.41, 5.74) is 0.346. The van der Waals surface area contributed by atoms with Gasteiger partial charge >= 0.3 is 0 Å². The lowest BCUT2D eigenvalue weighted by Gasteiger charge is -2.36. The van der Waals surface area contributed by atoms with E-state index in [0.29, 0.717) is 34.6 Å². The Labute approximate surface area is 137 Å². The Morgan fingerprint density at radius 2 is 1.59 bits per heavy atom. The molecule has 0 N–H and O–H groups in total. The van der Waals surface area contributed by atoms with E-state index in [1.807, 2.05) is 4.90 Å². The maximum Gasteiger partial charge on any atom is 0.183 e. The van der Waals surface area contributed by atoms with E-state index < -0.39 is 0 Å². The number of piperazine rings is 1. The van der Waals surface area contributed by atoms with Crippen molar-refractivity contribution in [2.45, 2.75) is 0 Å². The summed E-state index contributed by atoms with van der Waals surface area (Å²) in [6.07, 6.45) is 4.71. The second kappa shape index (κ2) is 6.34. The van der Waals surface area contributed by atoms with Crippen LogP contribution >= 0.6 is 23.2 Å². The predicted molar refractivity (Wildman–Crippen MR) is 85.4 cm³/mol. The maximum absolute atomic E-state index is 9.11. The summed E-state index contributed by atoms with van der Waals surface area (Å²) in [5.74, 6) is 1.35. The summed E-state index contributed by atoms with van der Waals surface area (Å²) in [6.45, 7) is 2.90. The van der Waals surface area contributed by atoms with Gasteiger partial charge in [0.15, 0.2) is 11.5 Å². The molecule has 1 saturated heterocycles. The number of hydrogen-bond acceptors (Lipinski definition) is 6. The Morgan fingerprint density at radius 1 is 0.955 bits per heavy atom. The largest absolute Gasteiger partial charge is 0.352 e. The number of aromatic nitrogens is 3. The van der Waals surface area contributed by atoms with Crippen LogP contribution in [0.3, 0.4) is 0 Å². The fourth-order valence-corrected chi connectivity index (χ4v) is 2.91. The van der Waals surface area contributed by atoms with E-state index in [0.717, 1.165) is 18.9 Å². The smallest absolute Gasteiger partial charge is 0.183 e. The van der Waals surface area contributed by atoms with Crippen LogP contribution in [0.15, 0.2) is 24.7 Å². The number of nitriles is 1. The molecular weight excluding hydrogens is 323 g/mol. The van der Waals surface area contributed by atoms with Gasteiger partial charge < -0.3 is 9.80 Å². The SMILES string of the molecule is N#Cc1nccnc1N1CCN(c2ncc(Cl)cc2Cl)CC1. The van der Waals surface area contributed by atoms with Gasteiger partial charge in [-0.3, -0.25) is 0 Å². The third-order valence-corrected chi connectivity index (χ3v) is 3.94. The average Bonchev–Trinajstić information content (AvgIpc) is 2.55. The minimum absolute atomic E-state index is 0.346. The van der Waals surface area contributed by atoms with Crippen LogP contribution in [-0.4, -0.2) is 41.1 Å². The van der Waals surface area contributed by atoms with E-state index in [2.05, 4.69) is 25.9 Å². The Kier molecular flexibility index (Phi) is 4.27. The van der Waals surface area contributed by atoms with Crippen molar-refractivity contribution in [2.24, 2.45) is 0 Å². The summed E-state index contributed by atoms with van der Waals surface area (Å²) < 4.78 is 0. The highest BCUT2D eigenvalue weighted by Gasteiger charge is 2.22. The molecule has 0 bridgehead atoms. The molecule has 3 heterocycles. The molecule has 0 spiro atoms. The van der Waals surface area contributed by atoms with Crippen molar-refractivity contribution in [1.29, 1.82) is 5.26 Å². The molecule has 0 aliphatic carbocycles. The minimum atomic E-state index is 0.346. The van der Waals surface area contributed by atoms with Gasteiger partial charge in [-0.1, -0.05) is 23.2 Å². The Balaban J connectivity index is 1.74. The molecule has 112 valence electrons. The van der Waals surface area contributed by atoms with Gasteiger partial charge in [-0.25, -0.2) is 15.0 Å². The molecule has 3 rings (SSSR count). The number of anilines is 2. The number of pyridine rings is 1. The maximum atomic E-state index is 9.11. The molecule has 0 amide bonds. The fourth-order valence-electron chi connectivity index (χ4n) is 2.41. The normalized spacial score (nSPS) is 14.8. The number of hydrogen-bond donors (Lipinski definition) is 0. The van der Waals surface area contributed by atoms with Crippen LogP contribution in [0.4, 0.5) is 11.6 Å². The molecule has 0 unspecified atom stereocenters. The van der Waals surface area contributed by atoms with Gasteiger partial charge in [-0.15, -0.1) is 0 Å². The molecule has 1 aliphatic rings. The summed E-state index contributed by atoms with van der Waals surface area (Å²) in [5, 5.41) is 10.2. The van der Waals surface area contributed by atoms with Crippen LogP contribution in [0.25, 0.3) is 0 Å². The molecule has 0 radical (unpaired) electrons.